The van der Waals surface area contributed by atoms with Crippen LogP contribution in [0.25, 0.3) is 0 Å². The molecule has 12 heteroatoms. The molecule has 5 rings (SSSR count). The molecule has 2 unspecified atom stereocenters. The van der Waals surface area contributed by atoms with Crippen LogP contribution in [0.4, 0.5) is 4.39 Å². The molecule has 0 spiro atoms. The maximum absolute atomic E-state index is 14.7. The molecule has 1 fully saturated rings. The second kappa shape index (κ2) is 9.22. The van der Waals surface area contributed by atoms with Crippen LogP contribution in [0.2, 0.25) is 0 Å². The van der Waals surface area contributed by atoms with Gasteiger partial charge in [-0.3, -0.25) is 14.4 Å². The van der Waals surface area contributed by atoms with Gasteiger partial charge in [0.15, 0.2) is 11.9 Å². The van der Waals surface area contributed by atoms with Crippen molar-refractivity contribution >= 4 is 23.4 Å². The topological polar surface area (TPSA) is 133 Å². The molecule has 1 aromatic heterocycles. The lowest BCUT2D eigenvalue weighted by atomic mass is 9.88. The molecule has 0 aliphatic carbocycles. The molecule has 2 amide bonds. The number of aromatic nitrogens is 3. The standard InChI is InChI=1S/C23H22FN7O4/c24-16-13-26-21(31-7-6-27-28-31)18-17(16)15(12-25-18)20(33)23(35)30-10-8-29(9-11-30)22(34)19(32)14-4-2-1-3-5-14/h1-7,12-13,17-19,25,32H,8-11H2/t17?,18?,19-/m0/s1. The number of aliphatic hydroxyl groups excluding tert-OH is 1. The third-order valence-corrected chi connectivity index (χ3v) is 6.32. The molecule has 11 nitrogen and oxygen atoms in total. The molecule has 3 aliphatic rings. The Morgan fingerprint density at radius 1 is 1.09 bits per heavy atom. The number of amides is 2. The zero-order valence-corrected chi connectivity index (χ0v) is 18.5. The van der Waals surface area contributed by atoms with Crippen molar-refractivity contribution in [3.05, 3.63) is 72.1 Å². The van der Waals surface area contributed by atoms with Crippen molar-refractivity contribution in [1.29, 1.82) is 0 Å². The molecule has 1 saturated heterocycles. The van der Waals surface area contributed by atoms with Crippen LogP contribution in [0, 0.1) is 5.92 Å². The summed E-state index contributed by atoms with van der Waals surface area (Å²) in [5.74, 6) is -3.35. The summed E-state index contributed by atoms with van der Waals surface area (Å²) in [6.45, 7) is 0.582. The molecule has 2 aromatic rings. The Kier molecular flexibility index (Phi) is 5.95. The van der Waals surface area contributed by atoms with E-state index < -0.39 is 41.5 Å². The maximum Gasteiger partial charge on any atom is 0.294 e. The van der Waals surface area contributed by atoms with Gasteiger partial charge in [0.05, 0.1) is 30.6 Å². The molecule has 1 aromatic carbocycles. The zero-order valence-electron chi connectivity index (χ0n) is 18.5. The number of benzene rings is 1. The number of rotatable bonds is 4. The number of nitrogens with one attached hydrogen (secondary N) is 1. The number of carbonyl (C=O) groups excluding carboxylic acids is 3. The van der Waals surface area contributed by atoms with Gasteiger partial charge in [0.25, 0.3) is 11.8 Å². The molecule has 3 atom stereocenters. The first-order chi connectivity index (χ1) is 17.0. The molecule has 35 heavy (non-hydrogen) atoms. The fourth-order valence-electron chi connectivity index (χ4n) is 4.45. The SMILES string of the molecule is O=C(C(=O)N1CCN(C(=O)[C@@H](O)c2ccccc2)CC1)C1=CNC2C(n3ccnn3)=NC=C(F)C12. The van der Waals surface area contributed by atoms with Gasteiger partial charge in [-0.1, -0.05) is 35.5 Å². The minimum Gasteiger partial charge on any atom is -0.380 e. The Hall–Kier alpha value is -4.19. The number of ketones is 1. The molecule has 0 saturated carbocycles. The summed E-state index contributed by atoms with van der Waals surface area (Å²) in [6.07, 6.45) is 4.06. The van der Waals surface area contributed by atoms with Gasteiger partial charge >= 0.3 is 0 Å². The average Bonchev–Trinajstić information content (AvgIpc) is 3.59. The predicted molar refractivity (Wildman–Crippen MR) is 120 cm³/mol. The van der Waals surface area contributed by atoms with Crippen molar-refractivity contribution in [2.75, 3.05) is 26.2 Å². The first-order valence-corrected chi connectivity index (χ1v) is 11.1. The summed E-state index contributed by atoms with van der Waals surface area (Å²) in [4.78, 5) is 45.5. The van der Waals surface area contributed by atoms with Gasteiger partial charge in [-0.2, -0.15) is 0 Å². The van der Waals surface area contributed by atoms with E-state index in [-0.39, 0.29) is 31.8 Å². The number of carbonyl (C=O) groups is 3. The number of halogens is 1. The van der Waals surface area contributed by atoms with E-state index in [4.69, 9.17) is 0 Å². The molecule has 180 valence electrons. The normalized spacial score (nSPS) is 22.4. The van der Waals surface area contributed by atoms with Crippen LogP contribution in [-0.4, -0.2) is 85.6 Å². The fraction of sp³-hybridized carbons (Fsp3) is 0.304. The number of Topliss-reactive ketones (excluding diaryl/α,β-unsaturated/α-hetero) is 1. The Labute approximate surface area is 199 Å². The lowest BCUT2D eigenvalue weighted by Gasteiger charge is -2.35. The van der Waals surface area contributed by atoms with E-state index in [1.807, 2.05) is 0 Å². The highest BCUT2D eigenvalue weighted by Crippen LogP contribution is 2.34. The lowest BCUT2D eigenvalue weighted by Crippen LogP contribution is -2.53. The number of piperazine rings is 1. The van der Waals surface area contributed by atoms with Gasteiger partial charge in [-0.15, -0.1) is 5.10 Å². The molecular formula is C23H22FN7O4. The van der Waals surface area contributed by atoms with Gasteiger partial charge in [-0.05, 0) is 5.56 Å². The number of fused-ring (bicyclic) bond motifs is 1. The maximum atomic E-state index is 14.7. The first kappa shape index (κ1) is 22.6. The summed E-state index contributed by atoms with van der Waals surface area (Å²) in [5.41, 5.74) is 0.483. The Bertz CT molecular complexity index is 1230. The monoisotopic (exact) mass is 479 g/mol. The second-order valence-electron chi connectivity index (χ2n) is 8.33. The van der Waals surface area contributed by atoms with E-state index in [1.54, 1.807) is 36.5 Å². The summed E-state index contributed by atoms with van der Waals surface area (Å²) in [5, 5.41) is 20.9. The highest BCUT2D eigenvalue weighted by atomic mass is 19.1. The average molecular weight is 479 g/mol. The number of hydrogen-bond acceptors (Lipinski definition) is 8. The summed E-state index contributed by atoms with van der Waals surface area (Å²) < 4.78 is 16.1. The molecule has 3 aliphatic heterocycles. The zero-order chi connectivity index (χ0) is 24.5. The van der Waals surface area contributed by atoms with Crippen molar-refractivity contribution in [2.24, 2.45) is 10.9 Å². The van der Waals surface area contributed by atoms with Crippen LogP contribution in [0.3, 0.4) is 0 Å². The van der Waals surface area contributed by atoms with Gasteiger partial charge in [0.2, 0.25) is 5.78 Å². The van der Waals surface area contributed by atoms with Gasteiger partial charge in [0.1, 0.15) is 5.83 Å². The van der Waals surface area contributed by atoms with Crippen LogP contribution >= 0.6 is 0 Å². The second-order valence-corrected chi connectivity index (χ2v) is 8.33. The highest BCUT2D eigenvalue weighted by molar-refractivity contribution is 6.43. The smallest absolute Gasteiger partial charge is 0.294 e. The van der Waals surface area contributed by atoms with Crippen LogP contribution in [0.1, 0.15) is 11.7 Å². The number of hydrogen-bond donors (Lipinski definition) is 2. The number of aliphatic hydroxyl groups is 1. The van der Waals surface area contributed by atoms with Gasteiger partial charge in [-0.25, -0.2) is 14.1 Å². The van der Waals surface area contributed by atoms with Crippen LogP contribution < -0.4 is 5.32 Å². The molecule has 2 N–H and O–H groups in total. The van der Waals surface area contributed by atoms with Gasteiger partial charge in [0, 0.05) is 38.0 Å². The van der Waals surface area contributed by atoms with Crippen molar-refractivity contribution in [3.63, 3.8) is 0 Å². The van der Waals surface area contributed by atoms with E-state index in [2.05, 4.69) is 20.6 Å². The van der Waals surface area contributed by atoms with E-state index in [9.17, 15) is 23.9 Å². The first-order valence-electron chi connectivity index (χ1n) is 11.1. The van der Waals surface area contributed by atoms with Crippen molar-refractivity contribution in [1.82, 2.24) is 30.1 Å². The van der Waals surface area contributed by atoms with Crippen LogP contribution in [-0.2, 0) is 14.4 Å². The summed E-state index contributed by atoms with van der Waals surface area (Å²) in [6, 6.07) is 7.87. The fourth-order valence-corrected chi connectivity index (χ4v) is 4.45. The molecule has 0 bridgehead atoms. The molecular weight excluding hydrogens is 457 g/mol. The molecule has 0 radical (unpaired) electrons. The summed E-state index contributed by atoms with van der Waals surface area (Å²) >= 11 is 0. The highest BCUT2D eigenvalue weighted by Gasteiger charge is 2.44. The number of nitrogens with zero attached hydrogens (tertiary/aromatic N) is 6. The predicted octanol–water partition coefficient (Wildman–Crippen LogP) is -0.205. The minimum atomic E-state index is -1.30. The Balaban J connectivity index is 1.22. The van der Waals surface area contributed by atoms with Crippen LogP contribution in [0.5, 0.6) is 0 Å². The lowest BCUT2D eigenvalue weighted by molar-refractivity contribution is -0.148. The van der Waals surface area contributed by atoms with Crippen molar-refractivity contribution < 1.29 is 23.9 Å². The third kappa shape index (κ3) is 4.12. The van der Waals surface area contributed by atoms with Crippen molar-refractivity contribution in [2.45, 2.75) is 12.1 Å². The van der Waals surface area contributed by atoms with E-state index in [0.29, 0.717) is 11.4 Å². The summed E-state index contributed by atoms with van der Waals surface area (Å²) in [7, 11) is 0. The molecule has 4 heterocycles. The van der Waals surface area contributed by atoms with Gasteiger partial charge < -0.3 is 20.2 Å². The quantitative estimate of drug-likeness (QED) is 0.580. The largest absolute Gasteiger partial charge is 0.380 e. The van der Waals surface area contributed by atoms with Crippen LogP contribution in [0.15, 0.2) is 71.5 Å². The van der Waals surface area contributed by atoms with E-state index in [0.717, 1.165) is 6.20 Å². The van der Waals surface area contributed by atoms with Crippen molar-refractivity contribution in [3.8, 4) is 0 Å². The Morgan fingerprint density at radius 3 is 2.49 bits per heavy atom. The third-order valence-electron chi connectivity index (χ3n) is 6.32. The minimum absolute atomic E-state index is 0.000675. The van der Waals surface area contributed by atoms with E-state index >= 15 is 0 Å². The number of aliphatic imine (C=N–C) groups is 1. The van der Waals surface area contributed by atoms with E-state index in [1.165, 1.54) is 26.9 Å². The Morgan fingerprint density at radius 2 is 1.80 bits per heavy atom.